The molecule has 0 spiro atoms. The van der Waals surface area contributed by atoms with E-state index >= 15 is 0 Å². The van der Waals surface area contributed by atoms with Gasteiger partial charge in [0.1, 0.15) is 12.4 Å². The summed E-state index contributed by atoms with van der Waals surface area (Å²) in [4.78, 5) is 22.5. The zero-order valence-corrected chi connectivity index (χ0v) is 26.9. The molecule has 0 unspecified atom stereocenters. The highest BCUT2D eigenvalue weighted by Crippen LogP contribution is 2.39. The van der Waals surface area contributed by atoms with Crippen molar-refractivity contribution in [1.82, 2.24) is 19.1 Å². The van der Waals surface area contributed by atoms with Crippen LogP contribution in [0.2, 0.25) is 0 Å². The Bertz CT molecular complexity index is 1320. The summed E-state index contributed by atoms with van der Waals surface area (Å²) in [5.74, 6) is 0.624. The second-order valence-corrected chi connectivity index (χ2v) is 14.4. The molecule has 4 heterocycles. The van der Waals surface area contributed by atoms with Crippen molar-refractivity contribution in [1.29, 1.82) is 0 Å². The van der Waals surface area contributed by atoms with Crippen LogP contribution >= 0.6 is 0 Å². The van der Waals surface area contributed by atoms with Gasteiger partial charge in [0.15, 0.2) is 0 Å². The highest BCUT2D eigenvalue weighted by molar-refractivity contribution is 7.89. The molecule has 1 atom stereocenters. The Morgan fingerprint density at radius 3 is 2.37 bits per heavy atom. The zero-order chi connectivity index (χ0) is 30.5. The van der Waals surface area contributed by atoms with Gasteiger partial charge in [-0.05, 0) is 113 Å². The molecule has 3 saturated heterocycles. The molecule has 3 fully saturated rings. The summed E-state index contributed by atoms with van der Waals surface area (Å²) in [7, 11) is -2.14. The Morgan fingerprint density at radius 1 is 1.02 bits per heavy atom. The predicted octanol–water partition coefficient (Wildman–Crippen LogP) is 4.31. The first kappa shape index (κ1) is 31.9. The van der Waals surface area contributed by atoms with Crippen molar-refractivity contribution in [3.05, 3.63) is 53.3 Å². The number of likely N-dealkylation sites (tertiary alicyclic amines) is 2. The Kier molecular flexibility index (Phi) is 10.4. The minimum Gasteiger partial charge on any atom is -0.497 e. The molecule has 3 aliphatic rings. The fourth-order valence-electron chi connectivity index (χ4n) is 7.31. The van der Waals surface area contributed by atoms with E-state index in [-0.39, 0.29) is 30.6 Å². The molecule has 43 heavy (non-hydrogen) atoms. The van der Waals surface area contributed by atoms with Gasteiger partial charge < -0.3 is 19.3 Å². The van der Waals surface area contributed by atoms with Gasteiger partial charge in [0.25, 0.3) is 0 Å². The lowest BCUT2D eigenvalue weighted by Crippen LogP contribution is -2.48. The quantitative estimate of drug-likeness (QED) is 0.373. The number of nitrogens with zero attached hydrogens (tertiary/aromatic N) is 4. The van der Waals surface area contributed by atoms with E-state index in [2.05, 4.69) is 16.0 Å². The number of benzene rings is 1. The second-order valence-electron chi connectivity index (χ2n) is 12.6. The van der Waals surface area contributed by atoms with Crippen LogP contribution in [-0.4, -0.2) is 99.0 Å². The first-order valence-electron chi connectivity index (χ1n) is 15.9. The molecule has 5 rings (SSSR count). The van der Waals surface area contributed by atoms with Gasteiger partial charge in [0, 0.05) is 43.5 Å². The van der Waals surface area contributed by atoms with E-state index < -0.39 is 10.0 Å². The molecule has 1 aromatic carbocycles. The molecule has 0 saturated carbocycles. The number of sulfonamides is 1. The summed E-state index contributed by atoms with van der Waals surface area (Å²) in [5.41, 5.74) is 2.65. The Labute approximate surface area is 257 Å². The summed E-state index contributed by atoms with van der Waals surface area (Å²) >= 11 is 0. The SMILES string of the molecule is COc1cc(C)c(S(=O)(=O)N2CCCC[C@H]2COCC(=O)N2CCC(CCN3CCCC3)(c3cccnc3)CC2)c(C)c1. The number of pyridine rings is 1. The molecule has 0 radical (unpaired) electrons. The maximum atomic E-state index is 13.8. The Morgan fingerprint density at radius 2 is 1.72 bits per heavy atom. The lowest BCUT2D eigenvalue weighted by Gasteiger charge is -2.43. The van der Waals surface area contributed by atoms with Gasteiger partial charge >= 0.3 is 0 Å². The highest BCUT2D eigenvalue weighted by atomic mass is 32.2. The minimum atomic E-state index is -3.73. The lowest BCUT2D eigenvalue weighted by atomic mass is 9.71. The van der Waals surface area contributed by atoms with E-state index in [9.17, 15) is 13.2 Å². The molecule has 1 aromatic heterocycles. The smallest absolute Gasteiger partial charge is 0.248 e. The molecule has 2 aromatic rings. The number of methoxy groups -OCH3 is 1. The van der Waals surface area contributed by atoms with Gasteiger partial charge in [-0.1, -0.05) is 12.5 Å². The van der Waals surface area contributed by atoms with Crippen LogP contribution in [0, 0.1) is 13.8 Å². The maximum absolute atomic E-state index is 13.8. The fraction of sp³-hybridized carbons (Fsp3) is 0.636. The number of amides is 1. The number of aromatic nitrogens is 1. The van der Waals surface area contributed by atoms with Crippen LogP contribution in [-0.2, 0) is 25.0 Å². The maximum Gasteiger partial charge on any atom is 0.248 e. The normalized spacial score (nSPS) is 21.7. The van der Waals surface area contributed by atoms with Crippen LogP contribution in [0.3, 0.4) is 0 Å². The average molecular weight is 613 g/mol. The van der Waals surface area contributed by atoms with Gasteiger partial charge in [0.05, 0.1) is 18.6 Å². The Hall–Kier alpha value is -2.53. The molecular weight excluding hydrogens is 564 g/mol. The molecule has 9 nitrogen and oxygen atoms in total. The summed E-state index contributed by atoms with van der Waals surface area (Å²) in [6, 6.07) is 7.45. The van der Waals surface area contributed by atoms with Crippen molar-refractivity contribution in [2.45, 2.75) is 81.6 Å². The first-order valence-corrected chi connectivity index (χ1v) is 17.3. The second kappa shape index (κ2) is 14.1. The number of aryl methyl sites for hydroxylation is 2. The number of hydrogen-bond donors (Lipinski definition) is 0. The number of piperidine rings is 2. The number of carbonyl (C=O) groups is 1. The van der Waals surface area contributed by atoms with E-state index in [1.54, 1.807) is 23.5 Å². The number of hydrogen-bond acceptors (Lipinski definition) is 7. The standard InChI is InChI=1S/C33H48N4O5S/c1-26-21-30(41-3)22-27(2)32(26)43(39,40)37-17-5-4-10-29(37)24-42-25-31(38)36-19-12-33(13-20-36,28-9-8-14-34-23-28)11-18-35-15-6-7-16-35/h8-9,14,21-23,29H,4-7,10-13,15-20,24-25H2,1-3H3/t29-/m0/s1. The van der Waals surface area contributed by atoms with Gasteiger partial charge in [-0.2, -0.15) is 4.31 Å². The molecular formula is C33H48N4O5S. The first-order chi connectivity index (χ1) is 20.7. The average Bonchev–Trinajstić information content (AvgIpc) is 3.54. The molecule has 0 aliphatic carbocycles. The van der Waals surface area contributed by atoms with Crippen LogP contribution in [0.25, 0.3) is 0 Å². The molecule has 3 aliphatic heterocycles. The lowest BCUT2D eigenvalue weighted by molar-refractivity contribution is -0.138. The molecule has 10 heteroatoms. The van der Waals surface area contributed by atoms with Crippen LogP contribution in [0.5, 0.6) is 5.75 Å². The van der Waals surface area contributed by atoms with E-state index in [0.717, 1.165) is 45.1 Å². The molecule has 1 amide bonds. The van der Waals surface area contributed by atoms with Crippen LogP contribution in [0.4, 0.5) is 0 Å². The van der Waals surface area contributed by atoms with Crippen LogP contribution < -0.4 is 4.74 Å². The predicted molar refractivity (Wildman–Crippen MR) is 167 cm³/mol. The van der Waals surface area contributed by atoms with Crippen molar-refractivity contribution >= 4 is 15.9 Å². The largest absolute Gasteiger partial charge is 0.497 e. The fourth-order valence-corrected chi connectivity index (χ4v) is 9.40. The zero-order valence-electron chi connectivity index (χ0n) is 26.1. The van der Waals surface area contributed by atoms with Gasteiger partial charge in [-0.25, -0.2) is 8.42 Å². The summed E-state index contributed by atoms with van der Waals surface area (Å²) in [5, 5.41) is 0. The number of carbonyl (C=O) groups excluding carboxylic acids is 1. The van der Waals surface area contributed by atoms with E-state index in [4.69, 9.17) is 9.47 Å². The summed E-state index contributed by atoms with van der Waals surface area (Å²) in [6.07, 6.45) is 11.8. The third-order valence-electron chi connectivity index (χ3n) is 9.80. The summed E-state index contributed by atoms with van der Waals surface area (Å²) in [6.45, 7) is 9.09. The van der Waals surface area contributed by atoms with Crippen molar-refractivity contribution in [2.24, 2.45) is 0 Å². The highest BCUT2D eigenvalue weighted by Gasteiger charge is 2.39. The third-order valence-corrected chi connectivity index (χ3v) is 12.1. The summed E-state index contributed by atoms with van der Waals surface area (Å²) < 4.78 is 40.6. The molecule has 236 valence electrons. The number of ether oxygens (including phenoxy) is 2. The molecule has 0 bridgehead atoms. The number of rotatable bonds is 11. The van der Waals surface area contributed by atoms with Gasteiger partial charge in [0.2, 0.25) is 15.9 Å². The van der Waals surface area contributed by atoms with Crippen molar-refractivity contribution in [2.75, 3.05) is 59.6 Å². The monoisotopic (exact) mass is 612 g/mol. The van der Waals surface area contributed by atoms with Gasteiger partial charge in [-0.15, -0.1) is 0 Å². The minimum absolute atomic E-state index is 0.0219. The third kappa shape index (κ3) is 7.24. The van der Waals surface area contributed by atoms with E-state index in [0.29, 0.717) is 41.4 Å². The topological polar surface area (TPSA) is 92.3 Å². The van der Waals surface area contributed by atoms with Crippen LogP contribution in [0.15, 0.2) is 41.6 Å². The molecule has 0 N–H and O–H groups in total. The van der Waals surface area contributed by atoms with Gasteiger partial charge in [-0.3, -0.25) is 9.78 Å². The van der Waals surface area contributed by atoms with Crippen molar-refractivity contribution in [3.8, 4) is 5.75 Å². The van der Waals surface area contributed by atoms with E-state index in [1.807, 2.05) is 37.2 Å². The van der Waals surface area contributed by atoms with Crippen LogP contribution in [0.1, 0.15) is 68.1 Å². The van der Waals surface area contributed by atoms with Crippen molar-refractivity contribution in [3.63, 3.8) is 0 Å². The van der Waals surface area contributed by atoms with E-state index in [1.165, 1.54) is 31.5 Å². The van der Waals surface area contributed by atoms with Crippen molar-refractivity contribution < 1.29 is 22.7 Å². The Balaban J connectivity index is 1.18.